The van der Waals surface area contributed by atoms with Crippen molar-refractivity contribution in [2.24, 2.45) is 5.92 Å². The summed E-state index contributed by atoms with van der Waals surface area (Å²) >= 11 is 0. The van der Waals surface area contributed by atoms with Crippen LogP contribution in [-0.4, -0.2) is 61.4 Å². The minimum Gasteiger partial charge on any atom is -0.343 e. The van der Waals surface area contributed by atoms with Crippen LogP contribution >= 0.6 is 0 Å². The SMILES string of the molecule is CNCCN(C)C(=O)C1CCCN1C(=O)C1CCCC1. The first kappa shape index (κ1) is 15.3. The minimum atomic E-state index is -0.218. The molecule has 1 unspecified atom stereocenters. The number of carbonyl (C=O) groups excluding carboxylic acids is 2. The molecule has 20 heavy (non-hydrogen) atoms. The third-order valence-corrected chi connectivity index (χ3v) is 4.60. The molecular weight excluding hydrogens is 254 g/mol. The molecular formula is C15H27N3O2. The Hall–Kier alpha value is -1.10. The first-order chi connectivity index (χ1) is 9.65. The normalized spacial score (nSPS) is 23.3. The Morgan fingerprint density at radius 1 is 1.20 bits per heavy atom. The topological polar surface area (TPSA) is 52.7 Å². The van der Waals surface area contributed by atoms with Gasteiger partial charge in [-0.15, -0.1) is 0 Å². The predicted octanol–water partition coefficient (Wildman–Crippen LogP) is 0.845. The van der Waals surface area contributed by atoms with Crippen molar-refractivity contribution in [1.29, 1.82) is 0 Å². The van der Waals surface area contributed by atoms with Gasteiger partial charge in [0.25, 0.3) is 0 Å². The van der Waals surface area contributed by atoms with Gasteiger partial charge in [-0.1, -0.05) is 12.8 Å². The molecule has 2 fully saturated rings. The molecule has 1 aliphatic carbocycles. The van der Waals surface area contributed by atoms with E-state index in [-0.39, 0.29) is 23.8 Å². The van der Waals surface area contributed by atoms with Gasteiger partial charge in [0.2, 0.25) is 11.8 Å². The highest BCUT2D eigenvalue weighted by Gasteiger charge is 2.38. The van der Waals surface area contributed by atoms with Crippen molar-refractivity contribution in [3.05, 3.63) is 0 Å². The highest BCUT2D eigenvalue weighted by Crippen LogP contribution is 2.30. The van der Waals surface area contributed by atoms with Crippen LogP contribution in [0.15, 0.2) is 0 Å². The largest absolute Gasteiger partial charge is 0.343 e. The van der Waals surface area contributed by atoms with Gasteiger partial charge in [0.05, 0.1) is 0 Å². The molecule has 1 saturated carbocycles. The van der Waals surface area contributed by atoms with Gasteiger partial charge in [-0.25, -0.2) is 0 Å². The van der Waals surface area contributed by atoms with Gasteiger partial charge in [0.1, 0.15) is 6.04 Å². The van der Waals surface area contributed by atoms with Gasteiger partial charge in [-0.3, -0.25) is 9.59 Å². The van der Waals surface area contributed by atoms with Crippen LogP contribution in [0.1, 0.15) is 38.5 Å². The van der Waals surface area contributed by atoms with Crippen LogP contribution in [0.3, 0.4) is 0 Å². The Labute approximate surface area is 121 Å². The first-order valence-corrected chi connectivity index (χ1v) is 7.85. The van der Waals surface area contributed by atoms with E-state index in [1.807, 2.05) is 19.0 Å². The number of amides is 2. The zero-order chi connectivity index (χ0) is 14.5. The van der Waals surface area contributed by atoms with Crippen molar-refractivity contribution in [3.63, 3.8) is 0 Å². The fraction of sp³-hybridized carbons (Fsp3) is 0.867. The Bertz CT molecular complexity index is 353. The fourth-order valence-corrected chi connectivity index (χ4v) is 3.34. The zero-order valence-electron chi connectivity index (χ0n) is 12.7. The van der Waals surface area contributed by atoms with E-state index in [2.05, 4.69) is 5.32 Å². The van der Waals surface area contributed by atoms with Crippen LogP contribution in [0.4, 0.5) is 0 Å². The second-order valence-corrected chi connectivity index (χ2v) is 6.03. The van der Waals surface area contributed by atoms with Gasteiger partial charge in [-0.2, -0.15) is 0 Å². The summed E-state index contributed by atoms with van der Waals surface area (Å²) in [4.78, 5) is 28.6. The highest BCUT2D eigenvalue weighted by molar-refractivity contribution is 5.89. The van der Waals surface area contributed by atoms with E-state index < -0.39 is 0 Å². The molecule has 2 amide bonds. The van der Waals surface area contributed by atoms with E-state index in [1.54, 1.807) is 4.90 Å². The number of rotatable bonds is 5. The molecule has 0 aromatic heterocycles. The average Bonchev–Trinajstić information content (AvgIpc) is 3.13. The Balaban J connectivity index is 1.95. The van der Waals surface area contributed by atoms with Crippen LogP contribution in [0.2, 0.25) is 0 Å². The van der Waals surface area contributed by atoms with Crippen LogP contribution in [0.25, 0.3) is 0 Å². The smallest absolute Gasteiger partial charge is 0.245 e. The number of likely N-dealkylation sites (tertiary alicyclic amines) is 1. The highest BCUT2D eigenvalue weighted by atomic mass is 16.2. The first-order valence-electron chi connectivity index (χ1n) is 7.85. The molecule has 0 spiro atoms. The van der Waals surface area contributed by atoms with E-state index in [4.69, 9.17) is 0 Å². The fourth-order valence-electron chi connectivity index (χ4n) is 3.34. The molecule has 5 heteroatoms. The molecule has 1 aliphatic heterocycles. The maximum atomic E-state index is 12.5. The van der Waals surface area contributed by atoms with E-state index >= 15 is 0 Å². The van der Waals surface area contributed by atoms with E-state index in [9.17, 15) is 9.59 Å². The van der Waals surface area contributed by atoms with Crippen molar-refractivity contribution in [2.75, 3.05) is 33.7 Å². The predicted molar refractivity (Wildman–Crippen MR) is 78.3 cm³/mol. The van der Waals surface area contributed by atoms with Gasteiger partial charge in [0, 0.05) is 32.6 Å². The summed E-state index contributed by atoms with van der Waals surface area (Å²) in [5.41, 5.74) is 0. The lowest BCUT2D eigenvalue weighted by molar-refractivity contribution is -0.145. The Kier molecular flexibility index (Phi) is 5.40. The molecule has 0 radical (unpaired) electrons. The molecule has 1 heterocycles. The van der Waals surface area contributed by atoms with E-state index in [0.717, 1.165) is 51.6 Å². The van der Waals surface area contributed by atoms with Crippen molar-refractivity contribution in [2.45, 2.75) is 44.6 Å². The van der Waals surface area contributed by atoms with E-state index in [1.165, 1.54) is 0 Å². The molecule has 0 aromatic rings. The molecule has 114 valence electrons. The monoisotopic (exact) mass is 281 g/mol. The number of nitrogens with zero attached hydrogens (tertiary/aromatic N) is 2. The number of carbonyl (C=O) groups is 2. The molecule has 0 bridgehead atoms. The maximum absolute atomic E-state index is 12.5. The minimum absolute atomic E-state index is 0.101. The second kappa shape index (κ2) is 7.07. The van der Waals surface area contributed by atoms with Gasteiger partial charge in [-0.05, 0) is 32.7 Å². The second-order valence-electron chi connectivity index (χ2n) is 6.03. The van der Waals surface area contributed by atoms with Crippen LogP contribution in [0.5, 0.6) is 0 Å². The maximum Gasteiger partial charge on any atom is 0.245 e. The lowest BCUT2D eigenvalue weighted by Crippen LogP contribution is -2.49. The summed E-state index contributed by atoms with van der Waals surface area (Å²) < 4.78 is 0. The zero-order valence-corrected chi connectivity index (χ0v) is 12.7. The average molecular weight is 281 g/mol. The summed E-state index contributed by atoms with van der Waals surface area (Å²) in [5, 5.41) is 3.05. The van der Waals surface area contributed by atoms with Crippen LogP contribution in [-0.2, 0) is 9.59 Å². The third kappa shape index (κ3) is 3.32. The van der Waals surface area contributed by atoms with E-state index in [0.29, 0.717) is 6.54 Å². The molecule has 0 aromatic carbocycles. The number of hydrogen-bond acceptors (Lipinski definition) is 3. The molecule has 2 aliphatic rings. The number of hydrogen-bond donors (Lipinski definition) is 1. The van der Waals surface area contributed by atoms with Crippen molar-refractivity contribution < 1.29 is 9.59 Å². The van der Waals surface area contributed by atoms with Gasteiger partial charge >= 0.3 is 0 Å². The lowest BCUT2D eigenvalue weighted by Gasteiger charge is -2.29. The molecule has 1 N–H and O–H groups in total. The molecule has 1 atom stereocenters. The van der Waals surface area contributed by atoms with Crippen molar-refractivity contribution in [3.8, 4) is 0 Å². The molecule has 2 rings (SSSR count). The summed E-state index contributed by atoms with van der Waals surface area (Å²) in [5.74, 6) is 0.496. The van der Waals surface area contributed by atoms with Crippen molar-refractivity contribution >= 4 is 11.8 Å². The Morgan fingerprint density at radius 3 is 2.55 bits per heavy atom. The van der Waals surface area contributed by atoms with Gasteiger partial charge in [0.15, 0.2) is 0 Å². The van der Waals surface area contributed by atoms with Crippen molar-refractivity contribution in [1.82, 2.24) is 15.1 Å². The summed E-state index contributed by atoms with van der Waals surface area (Å²) in [6.45, 7) is 2.23. The number of nitrogens with one attached hydrogen (secondary N) is 1. The molecule has 5 nitrogen and oxygen atoms in total. The Morgan fingerprint density at radius 2 is 1.90 bits per heavy atom. The van der Waals surface area contributed by atoms with Crippen LogP contribution in [0, 0.1) is 5.92 Å². The lowest BCUT2D eigenvalue weighted by atomic mass is 10.1. The quantitative estimate of drug-likeness (QED) is 0.812. The number of likely N-dealkylation sites (N-methyl/N-ethyl adjacent to an activating group) is 2. The van der Waals surface area contributed by atoms with Gasteiger partial charge < -0.3 is 15.1 Å². The summed E-state index contributed by atoms with van der Waals surface area (Å²) in [7, 11) is 3.71. The molecule has 1 saturated heterocycles. The van der Waals surface area contributed by atoms with Crippen LogP contribution < -0.4 is 5.32 Å². The third-order valence-electron chi connectivity index (χ3n) is 4.60. The summed E-state index contributed by atoms with van der Waals surface area (Å²) in [6.07, 6.45) is 6.10. The summed E-state index contributed by atoms with van der Waals surface area (Å²) in [6, 6.07) is -0.218. The standard InChI is InChI=1S/C15H27N3O2/c1-16-9-11-17(2)15(20)13-8-5-10-18(13)14(19)12-6-3-4-7-12/h12-13,16H,3-11H2,1-2H3.